The number of anilines is 2. The zero-order valence-electron chi connectivity index (χ0n) is 24.0. The SMILES string of the molecule is CCCC(CCO)Nc1nc(N)nc2cnn(Cc3ncc(C4CCN(C5CN(C(C)C)C5)CC4)cc3C)c12. The molecule has 0 bridgehead atoms. The van der Waals surface area contributed by atoms with E-state index < -0.39 is 0 Å². The molecule has 3 aromatic rings. The fourth-order valence-electron chi connectivity index (χ4n) is 6.12. The second kappa shape index (κ2) is 12.1. The molecule has 1 unspecified atom stereocenters. The topological polar surface area (TPSA) is 121 Å². The maximum absolute atomic E-state index is 9.52. The molecule has 5 rings (SSSR count). The van der Waals surface area contributed by atoms with Crippen LogP contribution in [0.1, 0.15) is 75.6 Å². The van der Waals surface area contributed by atoms with Crippen LogP contribution in [0.4, 0.5) is 11.8 Å². The van der Waals surface area contributed by atoms with Crippen LogP contribution in [0.15, 0.2) is 18.5 Å². The van der Waals surface area contributed by atoms with E-state index in [4.69, 9.17) is 10.7 Å². The van der Waals surface area contributed by atoms with Gasteiger partial charge in [0, 0.05) is 44.0 Å². The molecule has 0 aliphatic carbocycles. The average Bonchev–Trinajstić information content (AvgIpc) is 3.27. The van der Waals surface area contributed by atoms with E-state index in [9.17, 15) is 5.11 Å². The van der Waals surface area contributed by atoms with Crippen molar-refractivity contribution < 1.29 is 5.11 Å². The number of hydrogen-bond donors (Lipinski definition) is 3. The highest BCUT2D eigenvalue weighted by atomic mass is 16.3. The van der Waals surface area contributed by atoms with Gasteiger partial charge in [-0.05, 0) is 76.6 Å². The Balaban J connectivity index is 1.27. The minimum Gasteiger partial charge on any atom is -0.396 e. The molecule has 0 aromatic carbocycles. The number of piperidine rings is 1. The summed E-state index contributed by atoms with van der Waals surface area (Å²) in [6.45, 7) is 14.3. The van der Waals surface area contributed by atoms with Gasteiger partial charge in [0.1, 0.15) is 11.0 Å². The smallest absolute Gasteiger partial charge is 0.222 e. The summed E-state index contributed by atoms with van der Waals surface area (Å²) in [5.41, 5.74) is 11.0. The van der Waals surface area contributed by atoms with Crippen LogP contribution in [0, 0.1) is 6.92 Å². The van der Waals surface area contributed by atoms with Gasteiger partial charge in [-0.2, -0.15) is 10.1 Å². The lowest BCUT2D eigenvalue weighted by atomic mass is 9.88. The zero-order valence-corrected chi connectivity index (χ0v) is 24.0. The van der Waals surface area contributed by atoms with E-state index in [1.54, 1.807) is 6.20 Å². The summed E-state index contributed by atoms with van der Waals surface area (Å²) in [6, 6.07) is 3.82. The van der Waals surface area contributed by atoms with Gasteiger partial charge in [0.15, 0.2) is 5.82 Å². The minimum absolute atomic E-state index is 0.102. The summed E-state index contributed by atoms with van der Waals surface area (Å²) in [5, 5.41) is 17.6. The molecule has 10 nitrogen and oxygen atoms in total. The summed E-state index contributed by atoms with van der Waals surface area (Å²) >= 11 is 0. The maximum atomic E-state index is 9.52. The third kappa shape index (κ3) is 6.18. The standard InChI is InChI=1S/C29H45N9O/c1-5-6-23(9-12-39)33-28-27-25(34-29(30)35-28)15-32-38(27)18-26-20(4)13-22(14-31-26)21-7-10-36(11-8-21)24-16-37(17-24)19(2)3/h13-15,19,21,23-24,39H,5-12,16-18H2,1-4H3,(H3,30,33,34,35). The van der Waals surface area contributed by atoms with Gasteiger partial charge in [0.05, 0.1) is 18.4 Å². The van der Waals surface area contributed by atoms with Crippen molar-refractivity contribution in [3.63, 3.8) is 0 Å². The van der Waals surface area contributed by atoms with Crippen LogP contribution in [-0.4, -0.2) is 90.6 Å². The lowest BCUT2D eigenvalue weighted by Gasteiger charge is -2.49. The first kappa shape index (κ1) is 27.7. The Morgan fingerprint density at radius 2 is 1.90 bits per heavy atom. The second-order valence-electron chi connectivity index (χ2n) is 11.7. The fourth-order valence-corrected chi connectivity index (χ4v) is 6.12. The summed E-state index contributed by atoms with van der Waals surface area (Å²) < 4.78 is 1.91. The van der Waals surface area contributed by atoms with Gasteiger partial charge in [-0.25, -0.2) is 4.98 Å². The van der Waals surface area contributed by atoms with Gasteiger partial charge in [-0.15, -0.1) is 0 Å². The number of rotatable bonds is 11. The van der Waals surface area contributed by atoms with E-state index in [0.717, 1.165) is 30.1 Å². The number of nitrogens with one attached hydrogen (secondary N) is 1. The van der Waals surface area contributed by atoms with Crippen molar-refractivity contribution in [3.05, 3.63) is 35.3 Å². The van der Waals surface area contributed by atoms with Crippen molar-refractivity contribution in [2.75, 3.05) is 43.8 Å². The number of likely N-dealkylation sites (tertiary alicyclic amines) is 2. The predicted molar refractivity (Wildman–Crippen MR) is 156 cm³/mol. The Morgan fingerprint density at radius 3 is 2.56 bits per heavy atom. The van der Waals surface area contributed by atoms with E-state index in [0.29, 0.717) is 36.3 Å². The Morgan fingerprint density at radius 1 is 1.13 bits per heavy atom. The van der Waals surface area contributed by atoms with Crippen LogP contribution in [0.2, 0.25) is 0 Å². The number of aliphatic hydroxyl groups is 1. The molecule has 0 spiro atoms. The van der Waals surface area contributed by atoms with Crippen LogP contribution in [0.5, 0.6) is 0 Å². The Labute approximate surface area is 232 Å². The normalized spacial score (nSPS) is 18.6. The predicted octanol–water partition coefficient (Wildman–Crippen LogP) is 3.40. The zero-order chi connectivity index (χ0) is 27.5. The van der Waals surface area contributed by atoms with Gasteiger partial charge >= 0.3 is 0 Å². The largest absolute Gasteiger partial charge is 0.396 e. The monoisotopic (exact) mass is 535 g/mol. The van der Waals surface area contributed by atoms with Gasteiger partial charge in [-0.1, -0.05) is 19.4 Å². The third-order valence-corrected chi connectivity index (χ3v) is 8.61. The number of nitrogens with zero attached hydrogens (tertiary/aromatic N) is 7. The molecule has 5 heterocycles. The number of nitrogen functional groups attached to an aromatic ring is 1. The molecule has 0 saturated carbocycles. The van der Waals surface area contributed by atoms with Crippen LogP contribution < -0.4 is 11.1 Å². The molecule has 39 heavy (non-hydrogen) atoms. The van der Waals surface area contributed by atoms with Crippen molar-refractivity contribution in [1.82, 2.24) is 34.5 Å². The van der Waals surface area contributed by atoms with Gasteiger partial charge in [0.2, 0.25) is 5.95 Å². The molecule has 2 aliphatic rings. The average molecular weight is 536 g/mol. The van der Waals surface area contributed by atoms with E-state index >= 15 is 0 Å². The molecule has 10 heteroatoms. The van der Waals surface area contributed by atoms with E-state index in [1.165, 1.54) is 50.1 Å². The molecule has 4 N–H and O–H groups in total. The molecule has 3 aromatic heterocycles. The first-order chi connectivity index (χ1) is 18.9. The molecule has 2 saturated heterocycles. The number of aliphatic hydroxyl groups excluding tert-OH is 1. The highest BCUT2D eigenvalue weighted by molar-refractivity contribution is 5.86. The highest BCUT2D eigenvalue weighted by Crippen LogP contribution is 2.31. The van der Waals surface area contributed by atoms with E-state index in [1.807, 2.05) is 4.68 Å². The lowest BCUT2D eigenvalue weighted by Crippen LogP contribution is -2.62. The van der Waals surface area contributed by atoms with Gasteiger partial charge in [0.25, 0.3) is 0 Å². The van der Waals surface area contributed by atoms with Crippen molar-refractivity contribution in [2.24, 2.45) is 0 Å². The van der Waals surface area contributed by atoms with Crippen LogP contribution >= 0.6 is 0 Å². The minimum atomic E-state index is 0.102. The van der Waals surface area contributed by atoms with Crippen molar-refractivity contribution in [3.8, 4) is 0 Å². The summed E-state index contributed by atoms with van der Waals surface area (Å²) in [7, 11) is 0. The quantitative estimate of drug-likeness (QED) is 0.339. The highest BCUT2D eigenvalue weighted by Gasteiger charge is 2.35. The number of nitrogens with two attached hydrogens (primary N) is 1. The second-order valence-corrected chi connectivity index (χ2v) is 11.7. The number of pyridine rings is 1. The van der Waals surface area contributed by atoms with Crippen LogP contribution in [0.25, 0.3) is 11.0 Å². The number of aryl methyl sites for hydroxylation is 1. The van der Waals surface area contributed by atoms with Crippen LogP contribution in [-0.2, 0) is 6.54 Å². The molecule has 0 amide bonds. The summed E-state index contributed by atoms with van der Waals surface area (Å²) in [5.74, 6) is 1.44. The van der Waals surface area contributed by atoms with E-state index in [2.05, 4.69) is 70.1 Å². The molecule has 212 valence electrons. The van der Waals surface area contributed by atoms with Crippen molar-refractivity contribution >= 4 is 22.8 Å². The molecular weight excluding hydrogens is 490 g/mol. The molecule has 0 radical (unpaired) electrons. The lowest BCUT2D eigenvalue weighted by molar-refractivity contribution is 0.00270. The summed E-state index contributed by atoms with van der Waals surface area (Å²) in [6.07, 6.45) is 8.78. The maximum Gasteiger partial charge on any atom is 0.222 e. The van der Waals surface area contributed by atoms with E-state index in [-0.39, 0.29) is 18.6 Å². The summed E-state index contributed by atoms with van der Waals surface area (Å²) in [4.78, 5) is 19.1. The first-order valence-corrected chi connectivity index (χ1v) is 14.7. The Kier molecular flexibility index (Phi) is 8.64. The first-order valence-electron chi connectivity index (χ1n) is 14.7. The van der Waals surface area contributed by atoms with Crippen molar-refractivity contribution in [2.45, 2.75) is 90.4 Å². The Bertz CT molecular complexity index is 1240. The fraction of sp³-hybridized carbons (Fsp3) is 0.655. The molecular formula is C29H45N9O. The van der Waals surface area contributed by atoms with Gasteiger partial charge < -0.3 is 16.2 Å². The molecule has 2 fully saturated rings. The molecule has 2 aliphatic heterocycles. The number of aromatic nitrogens is 5. The number of fused-ring (bicyclic) bond motifs is 1. The molecule has 1 atom stereocenters. The van der Waals surface area contributed by atoms with Gasteiger partial charge in [-0.3, -0.25) is 19.5 Å². The van der Waals surface area contributed by atoms with Crippen LogP contribution in [0.3, 0.4) is 0 Å². The Hall–Kier alpha value is -2.82. The third-order valence-electron chi connectivity index (χ3n) is 8.61. The van der Waals surface area contributed by atoms with Crippen molar-refractivity contribution in [1.29, 1.82) is 0 Å². The number of hydrogen-bond acceptors (Lipinski definition) is 9.